The van der Waals surface area contributed by atoms with Crippen molar-refractivity contribution in [2.24, 2.45) is 0 Å². The van der Waals surface area contributed by atoms with Crippen LogP contribution < -0.4 is 9.64 Å². The molecule has 0 radical (unpaired) electrons. The molecule has 4 rings (SSSR count). The lowest BCUT2D eigenvalue weighted by Gasteiger charge is -2.34. The van der Waals surface area contributed by atoms with Gasteiger partial charge in [0.05, 0.1) is 28.9 Å². The Balaban J connectivity index is 1.64. The molecular formula is C26H34N4O5S2. The summed E-state index contributed by atoms with van der Waals surface area (Å²) in [6.07, 6.45) is -0.360. The topological polar surface area (TPSA) is 92.3 Å². The number of methoxy groups -OCH3 is 1. The number of hydrogen-bond donors (Lipinski definition) is 0. The molecule has 200 valence electrons. The minimum Gasteiger partial charge on any atom is -0.494 e. The largest absolute Gasteiger partial charge is 0.494 e. The molecule has 1 aliphatic heterocycles. The van der Waals surface area contributed by atoms with Crippen LogP contribution in [0.5, 0.6) is 5.75 Å². The number of anilines is 1. The number of aryl methyl sites for hydroxylation is 1. The highest BCUT2D eigenvalue weighted by Gasteiger charge is 2.32. The summed E-state index contributed by atoms with van der Waals surface area (Å²) in [7, 11) is 1.80. The molecule has 0 N–H and O–H groups in total. The van der Waals surface area contributed by atoms with Crippen LogP contribution in [0, 0.1) is 6.92 Å². The third kappa shape index (κ3) is 5.80. The Hall–Kier alpha value is -2.57. The van der Waals surface area contributed by atoms with E-state index in [2.05, 4.69) is 0 Å². The lowest BCUT2D eigenvalue weighted by molar-refractivity contribution is -0.0440. The molecular weight excluding hydrogens is 512 g/mol. The van der Waals surface area contributed by atoms with Gasteiger partial charge >= 0.3 is 0 Å². The van der Waals surface area contributed by atoms with Gasteiger partial charge in [0.25, 0.3) is 5.91 Å². The smallest absolute Gasteiger partial charge is 0.260 e. The van der Waals surface area contributed by atoms with Crippen molar-refractivity contribution in [3.05, 3.63) is 47.5 Å². The number of likely N-dealkylation sites (N-methyl/N-ethyl adjacent to an activating group) is 1. The van der Waals surface area contributed by atoms with Gasteiger partial charge < -0.3 is 14.4 Å². The summed E-state index contributed by atoms with van der Waals surface area (Å²) < 4.78 is 40.0. The second-order valence-corrected chi connectivity index (χ2v) is 12.5. The summed E-state index contributed by atoms with van der Waals surface area (Å²) in [5, 5.41) is 0.572. The van der Waals surface area contributed by atoms with Gasteiger partial charge in [-0.3, -0.25) is 9.69 Å². The van der Waals surface area contributed by atoms with Crippen molar-refractivity contribution in [1.82, 2.24) is 14.2 Å². The van der Waals surface area contributed by atoms with Crippen LogP contribution in [0.4, 0.5) is 5.13 Å². The number of nitrogens with zero attached hydrogens (tertiary/aromatic N) is 4. The number of rotatable bonds is 8. The fourth-order valence-corrected chi connectivity index (χ4v) is 7.03. The zero-order chi connectivity index (χ0) is 26.9. The highest BCUT2D eigenvalue weighted by atomic mass is 32.2. The lowest BCUT2D eigenvalue weighted by Crippen LogP contribution is -2.48. The Morgan fingerprint density at radius 2 is 1.76 bits per heavy atom. The van der Waals surface area contributed by atoms with Crippen molar-refractivity contribution >= 4 is 42.6 Å². The summed E-state index contributed by atoms with van der Waals surface area (Å²) in [6, 6.07) is 10.0. The fraction of sp³-hybridized carbons (Fsp3) is 0.462. The molecule has 0 spiro atoms. The first-order valence-electron chi connectivity index (χ1n) is 12.2. The molecule has 1 aliphatic rings. The maximum atomic E-state index is 13.7. The number of carbonyl (C=O) groups excluding carboxylic acids is 1. The Morgan fingerprint density at radius 1 is 1.11 bits per heavy atom. The van der Waals surface area contributed by atoms with E-state index in [1.54, 1.807) is 24.1 Å². The maximum absolute atomic E-state index is 13.7. The predicted octanol–water partition coefficient (Wildman–Crippen LogP) is 3.62. The predicted molar refractivity (Wildman–Crippen MR) is 146 cm³/mol. The normalized spacial score (nSPS) is 18.9. The molecule has 0 aliphatic carbocycles. The first kappa shape index (κ1) is 27.5. The molecule has 2 atom stereocenters. The second kappa shape index (κ2) is 11.0. The maximum Gasteiger partial charge on any atom is 0.260 e. The quantitative estimate of drug-likeness (QED) is 0.426. The average Bonchev–Trinajstić information content (AvgIpc) is 3.29. The average molecular weight is 547 g/mol. The highest BCUT2D eigenvalue weighted by Crippen LogP contribution is 2.37. The molecule has 2 aromatic carbocycles. The summed E-state index contributed by atoms with van der Waals surface area (Å²) >= 11 is 1.44. The van der Waals surface area contributed by atoms with Gasteiger partial charge in [0.2, 0.25) is 10.0 Å². The van der Waals surface area contributed by atoms with Crippen molar-refractivity contribution in [3.63, 3.8) is 0 Å². The number of ether oxygens (including phenoxy) is 2. The standard InChI is InChI=1S/C26H34N4O5S2/c1-17-7-12-22(34-6)23-24(17)36-26(27-23)30(14-13-28(4)5)25(31)20-8-10-21(11-9-20)37(32,33)29-15-18(2)35-19(3)16-29/h7-12,18-19H,13-16H2,1-6H3. The number of morpholine rings is 1. The van der Waals surface area contributed by atoms with Crippen molar-refractivity contribution in [1.29, 1.82) is 0 Å². The molecule has 1 saturated heterocycles. The minimum atomic E-state index is -3.70. The summed E-state index contributed by atoms with van der Waals surface area (Å²) in [6.45, 7) is 7.39. The Labute approximate surface area is 222 Å². The van der Waals surface area contributed by atoms with E-state index >= 15 is 0 Å². The van der Waals surface area contributed by atoms with Gasteiger partial charge in [0.1, 0.15) is 11.3 Å². The van der Waals surface area contributed by atoms with E-state index in [1.165, 1.54) is 27.8 Å². The van der Waals surface area contributed by atoms with E-state index in [4.69, 9.17) is 14.5 Å². The molecule has 1 aromatic heterocycles. The second-order valence-electron chi connectivity index (χ2n) is 9.62. The van der Waals surface area contributed by atoms with E-state index in [-0.39, 0.29) is 23.0 Å². The van der Waals surface area contributed by atoms with Crippen molar-refractivity contribution in [2.45, 2.75) is 37.9 Å². The molecule has 0 bridgehead atoms. The SMILES string of the molecule is COc1ccc(C)c2sc(N(CCN(C)C)C(=O)c3ccc(S(=O)(=O)N4CC(C)OC(C)C4)cc3)nc12. The Bertz CT molecular complexity index is 1360. The van der Waals surface area contributed by atoms with E-state index in [0.717, 1.165) is 15.8 Å². The number of sulfonamides is 1. The van der Waals surface area contributed by atoms with Crippen LogP contribution in [0.1, 0.15) is 29.8 Å². The van der Waals surface area contributed by atoms with Crippen LogP contribution in [0.15, 0.2) is 41.3 Å². The third-order valence-corrected chi connectivity index (χ3v) is 9.34. The van der Waals surface area contributed by atoms with E-state index in [0.29, 0.717) is 42.6 Å². The number of hydrogen-bond acceptors (Lipinski definition) is 8. The minimum absolute atomic E-state index is 0.158. The van der Waals surface area contributed by atoms with Crippen LogP contribution >= 0.6 is 11.3 Å². The molecule has 2 unspecified atom stereocenters. The van der Waals surface area contributed by atoms with Gasteiger partial charge in [0, 0.05) is 31.7 Å². The number of aromatic nitrogens is 1. The first-order chi connectivity index (χ1) is 17.5. The Kier molecular flexibility index (Phi) is 8.20. The lowest BCUT2D eigenvalue weighted by atomic mass is 10.2. The van der Waals surface area contributed by atoms with Crippen LogP contribution in [-0.2, 0) is 14.8 Å². The van der Waals surface area contributed by atoms with Crippen LogP contribution in [-0.4, -0.2) is 88.1 Å². The molecule has 0 saturated carbocycles. The third-order valence-electron chi connectivity index (χ3n) is 6.28. The van der Waals surface area contributed by atoms with E-state index < -0.39 is 10.0 Å². The van der Waals surface area contributed by atoms with Crippen LogP contribution in [0.3, 0.4) is 0 Å². The van der Waals surface area contributed by atoms with Gasteiger partial charge in [-0.15, -0.1) is 0 Å². The molecule has 1 fully saturated rings. The van der Waals surface area contributed by atoms with Gasteiger partial charge in [-0.1, -0.05) is 17.4 Å². The molecule has 37 heavy (non-hydrogen) atoms. The molecule has 2 heterocycles. The van der Waals surface area contributed by atoms with Crippen molar-refractivity contribution in [3.8, 4) is 5.75 Å². The van der Waals surface area contributed by atoms with Gasteiger partial charge in [-0.2, -0.15) is 4.31 Å². The zero-order valence-electron chi connectivity index (χ0n) is 22.1. The zero-order valence-corrected chi connectivity index (χ0v) is 23.7. The molecule has 11 heteroatoms. The van der Waals surface area contributed by atoms with Gasteiger partial charge in [0.15, 0.2) is 5.13 Å². The Morgan fingerprint density at radius 3 is 2.35 bits per heavy atom. The van der Waals surface area contributed by atoms with E-state index in [9.17, 15) is 13.2 Å². The first-order valence-corrected chi connectivity index (χ1v) is 14.4. The number of benzene rings is 2. The van der Waals surface area contributed by atoms with Crippen molar-refractivity contribution < 1.29 is 22.7 Å². The number of carbonyl (C=O) groups is 1. The fourth-order valence-electron chi connectivity index (χ4n) is 4.36. The van der Waals surface area contributed by atoms with Crippen LogP contribution in [0.2, 0.25) is 0 Å². The molecule has 1 amide bonds. The summed E-state index contributed by atoms with van der Waals surface area (Å²) in [5.41, 5.74) is 2.17. The molecule has 9 nitrogen and oxygen atoms in total. The van der Waals surface area contributed by atoms with Crippen molar-refractivity contribution in [2.75, 3.05) is 52.3 Å². The number of fused-ring (bicyclic) bond motifs is 1. The highest BCUT2D eigenvalue weighted by molar-refractivity contribution is 7.89. The van der Waals surface area contributed by atoms with E-state index in [1.807, 2.05) is 51.9 Å². The van der Waals surface area contributed by atoms with Crippen LogP contribution in [0.25, 0.3) is 10.2 Å². The molecule has 3 aromatic rings. The summed E-state index contributed by atoms with van der Waals surface area (Å²) in [4.78, 5) is 22.3. The van der Waals surface area contributed by atoms with Gasteiger partial charge in [-0.25, -0.2) is 13.4 Å². The number of thiazole rings is 1. The number of amides is 1. The van der Waals surface area contributed by atoms with Gasteiger partial charge in [-0.05, 0) is 70.8 Å². The monoisotopic (exact) mass is 546 g/mol. The summed E-state index contributed by atoms with van der Waals surface area (Å²) in [5.74, 6) is 0.416.